The molecule has 202 valence electrons. The molecule has 4 heterocycles. The van der Waals surface area contributed by atoms with Gasteiger partial charge in [0.25, 0.3) is 0 Å². The van der Waals surface area contributed by atoms with Crippen molar-refractivity contribution in [1.82, 2.24) is 15.0 Å². The number of H-pyrrole nitrogens is 1. The summed E-state index contributed by atoms with van der Waals surface area (Å²) in [5, 5.41) is 11.2. The molecule has 1 saturated heterocycles. The van der Waals surface area contributed by atoms with Crippen molar-refractivity contribution >= 4 is 26.4 Å². The van der Waals surface area contributed by atoms with E-state index in [4.69, 9.17) is 18.6 Å². The summed E-state index contributed by atoms with van der Waals surface area (Å²) in [5.41, 5.74) is 4.06. The van der Waals surface area contributed by atoms with E-state index in [0.717, 1.165) is 5.56 Å². The van der Waals surface area contributed by atoms with Gasteiger partial charge in [-0.15, -0.1) is 0 Å². The summed E-state index contributed by atoms with van der Waals surface area (Å²) in [5.74, 6) is -2.45. The molecule has 1 unspecified atom stereocenters. The second-order valence-corrected chi connectivity index (χ2v) is 17.9. The van der Waals surface area contributed by atoms with Crippen LogP contribution in [0.4, 0.5) is 10.5 Å². The molecule has 0 saturated carbocycles. The van der Waals surface area contributed by atoms with E-state index in [-0.39, 0.29) is 17.2 Å². The van der Waals surface area contributed by atoms with Crippen LogP contribution in [0.1, 0.15) is 73.1 Å². The molecule has 4 atom stereocenters. The van der Waals surface area contributed by atoms with Crippen molar-refractivity contribution in [3.05, 3.63) is 17.5 Å². The first-order valence-electron chi connectivity index (χ1n) is 12.7. The topological polar surface area (TPSA) is 114 Å². The maximum atomic E-state index is 13.3. The van der Waals surface area contributed by atoms with Gasteiger partial charge in [-0.2, -0.15) is 9.79 Å². The standard InChI is InChI=1S/C25H43N4O6Si/c1-22(2,3)35-21(30)29-15-27-25(31,28-29)20-19(29)16(14-26-20)13-18-17(33-24(7,8)34-18)11-12-32-36(9,10)23(4,5)6/h14-15,17-18,26,28,31H,11-13H2,1-10H3/q+1/t17-,18+,25?,29-/m1/s1. The molecule has 2 bridgehead atoms. The minimum absolute atomic E-state index is 0.131. The largest absolute Gasteiger partial charge is 0.548 e. The molecular weight excluding hydrogens is 480 g/mol. The third-order valence-corrected chi connectivity index (χ3v) is 12.0. The summed E-state index contributed by atoms with van der Waals surface area (Å²) >= 11 is 0. The fourth-order valence-corrected chi connectivity index (χ4v) is 5.76. The number of carbonyl (C=O) groups excluding carboxylic acids is 1. The van der Waals surface area contributed by atoms with Crippen molar-refractivity contribution in [3.8, 4) is 0 Å². The molecule has 0 aliphatic carbocycles. The monoisotopic (exact) mass is 523 g/mol. The molecule has 1 fully saturated rings. The Morgan fingerprint density at radius 2 is 1.83 bits per heavy atom. The lowest BCUT2D eigenvalue weighted by Crippen LogP contribution is -2.61. The molecule has 0 spiro atoms. The van der Waals surface area contributed by atoms with E-state index >= 15 is 0 Å². The second-order valence-electron chi connectivity index (χ2n) is 13.1. The number of quaternary nitrogens is 1. The number of aliphatic hydroxyl groups is 1. The van der Waals surface area contributed by atoms with Crippen molar-refractivity contribution in [2.75, 3.05) is 6.61 Å². The number of hydrogen-bond donors (Lipinski definition) is 3. The van der Waals surface area contributed by atoms with E-state index in [1.807, 2.05) is 13.8 Å². The predicted molar refractivity (Wildman–Crippen MR) is 140 cm³/mol. The molecule has 0 aromatic carbocycles. The van der Waals surface area contributed by atoms with Crippen molar-refractivity contribution in [3.63, 3.8) is 0 Å². The number of rotatable bonds is 6. The Morgan fingerprint density at radius 3 is 2.44 bits per heavy atom. The molecule has 0 radical (unpaired) electrons. The highest BCUT2D eigenvalue weighted by Gasteiger charge is 2.66. The van der Waals surface area contributed by atoms with Crippen LogP contribution in [0.25, 0.3) is 0 Å². The highest BCUT2D eigenvalue weighted by Crippen LogP contribution is 2.48. The van der Waals surface area contributed by atoms with Crippen molar-refractivity contribution < 1.29 is 28.5 Å². The molecule has 3 aliphatic rings. The summed E-state index contributed by atoms with van der Waals surface area (Å²) < 4.78 is 24.1. The zero-order chi connectivity index (χ0) is 26.9. The lowest BCUT2D eigenvalue weighted by Gasteiger charge is -2.36. The highest BCUT2D eigenvalue weighted by molar-refractivity contribution is 6.74. The van der Waals surface area contributed by atoms with Crippen LogP contribution in [-0.4, -0.2) is 61.0 Å². The van der Waals surface area contributed by atoms with Gasteiger partial charge in [0, 0.05) is 24.8 Å². The summed E-state index contributed by atoms with van der Waals surface area (Å²) in [7, 11) is -1.88. The van der Waals surface area contributed by atoms with Gasteiger partial charge in [-0.1, -0.05) is 30.8 Å². The van der Waals surface area contributed by atoms with Crippen LogP contribution in [0.2, 0.25) is 18.1 Å². The average molecular weight is 524 g/mol. The summed E-state index contributed by atoms with van der Waals surface area (Å²) in [6.45, 7) is 21.0. The maximum absolute atomic E-state index is 13.3. The SMILES string of the molecule is CC(C)(C)OC(=O)[N@+]12C=NC(O)(N1)c1[nH]cc(C[C@@H]3OC(C)(C)O[C@@H]3CCO[Si](C)(C)C(C)(C)C)c12. The number of amides is 1. The number of aromatic amines is 1. The van der Waals surface area contributed by atoms with Crippen LogP contribution in [0.3, 0.4) is 0 Å². The smallest absolute Gasteiger partial charge is 0.417 e. The molecule has 3 aliphatic heterocycles. The first kappa shape index (κ1) is 27.4. The normalized spacial score (nSPS) is 31.2. The summed E-state index contributed by atoms with van der Waals surface area (Å²) in [6.07, 6.45) is 3.38. The number of aromatic nitrogens is 1. The van der Waals surface area contributed by atoms with Crippen molar-refractivity contribution in [1.29, 1.82) is 0 Å². The van der Waals surface area contributed by atoms with Crippen LogP contribution >= 0.6 is 0 Å². The lowest BCUT2D eigenvalue weighted by molar-refractivity contribution is -0.147. The van der Waals surface area contributed by atoms with E-state index in [9.17, 15) is 9.90 Å². The summed E-state index contributed by atoms with van der Waals surface area (Å²) in [4.78, 5) is 20.6. The molecule has 4 rings (SSSR count). The van der Waals surface area contributed by atoms with Crippen LogP contribution in [0.15, 0.2) is 11.2 Å². The van der Waals surface area contributed by atoms with Gasteiger partial charge in [0.1, 0.15) is 5.60 Å². The number of ether oxygens (including phenoxy) is 3. The Bertz CT molecular complexity index is 1060. The van der Waals surface area contributed by atoms with Gasteiger partial charge in [0.05, 0.1) is 12.2 Å². The average Bonchev–Trinajstić information content (AvgIpc) is 3.39. The first-order valence-corrected chi connectivity index (χ1v) is 15.6. The molecule has 1 aromatic heterocycles. The fraction of sp³-hybridized carbons (Fsp3) is 0.760. The summed E-state index contributed by atoms with van der Waals surface area (Å²) in [6, 6.07) is 0. The van der Waals surface area contributed by atoms with E-state index < -0.39 is 36.2 Å². The third kappa shape index (κ3) is 4.82. The maximum Gasteiger partial charge on any atom is 0.548 e. The number of carbonyl (C=O) groups is 1. The molecule has 1 amide bonds. The van der Waals surface area contributed by atoms with Gasteiger partial charge in [-0.25, -0.2) is 0 Å². The number of hydrogen-bond acceptors (Lipinski definition) is 8. The van der Waals surface area contributed by atoms with Gasteiger partial charge in [0.15, 0.2) is 25.5 Å². The Kier molecular flexibility index (Phi) is 6.44. The number of nitrogens with zero attached hydrogens (tertiary/aromatic N) is 2. The quantitative estimate of drug-likeness (QED) is 0.374. The van der Waals surface area contributed by atoms with Crippen LogP contribution < -0.4 is 10.0 Å². The van der Waals surface area contributed by atoms with Crippen LogP contribution in [0, 0.1) is 0 Å². The lowest BCUT2D eigenvalue weighted by atomic mass is 10.0. The van der Waals surface area contributed by atoms with Crippen LogP contribution in [0.5, 0.6) is 0 Å². The highest BCUT2D eigenvalue weighted by atomic mass is 28.4. The van der Waals surface area contributed by atoms with Gasteiger partial charge in [0.2, 0.25) is 6.34 Å². The zero-order valence-corrected chi connectivity index (χ0v) is 24.3. The van der Waals surface area contributed by atoms with E-state index in [2.05, 4.69) is 49.3 Å². The van der Waals surface area contributed by atoms with Gasteiger partial charge < -0.3 is 28.7 Å². The van der Waals surface area contributed by atoms with E-state index in [0.29, 0.717) is 30.8 Å². The molecule has 10 nitrogen and oxygen atoms in total. The molecule has 11 heteroatoms. The second kappa shape index (κ2) is 8.45. The third-order valence-electron chi connectivity index (χ3n) is 7.44. The van der Waals surface area contributed by atoms with Gasteiger partial charge >= 0.3 is 11.9 Å². The minimum atomic E-state index is -1.88. The van der Waals surface area contributed by atoms with E-state index in [1.165, 1.54) is 6.34 Å². The van der Waals surface area contributed by atoms with Crippen molar-refractivity contribution in [2.45, 2.75) is 116 Å². The fourth-order valence-electron chi connectivity index (χ4n) is 4.70. The van der Waals surface area contributed by atoms with Crippen molar-refractivity contribution in [2.24, 2.45) is 4.99 Å². The van der Waals surface area contributed by atoms with Gasteiger partial charge in [-0.05, 0) is 59.2 Å². The molecule has 3 N–H and O–H groups in total. The molecule has 36 heavy (non-hydrogen) atoms. The Morgan fingerprint density at radius 1 is 1.19 bits per heavy atom. The Balaban J connectivity index is 1.55. The van der Waals surface area contributed by atoms with Crippen LogP contribution in [-0.2, 0) is 30.9 Å². The Hall–Kier alpha value is -1.60. The first-order chi connectivity index (χ1) is 16.3. The molecule has 1 aromatic rings. The zero-order valence-electron chi connectivity index (χ0n) is 23.3. The van der Waals surface area contributed by atoms with E-state index in [1.54, 1.807) is 27.0 Å². The number of nitrogens with one attached hydrogen (secondary N) is 2. The number of fused-ring (bicyclic) bond motifs is 5. The predicted octanol–water partition coefficient (Wildman–Crippen LogP) is 4.39. The number of aliphatic imine (C=N–C) groups is 1. The van der Waals surface area contributed by atoms with Gasteiger partial charge in [-0.3, -0.25) is 0 Å². The minimum Gasteiger partial charge on any atom is -0.417 e. The molecular formula is C25H43N4O6Si+. The Labute approximate surface area is 215 Å².